The Bertz CT molecular complexity index is 928. The second-order valence-corrected chi connectivity index (χ2v) is 7.90. The summed E-state index contributed by atoms with van der Waals surface area (Å²) in [7, 11) is 2.06. The van der Waals surface area contributed by atoms with E-state index in [1.165, 1.54) is 49.2 Å². The van der Waals surface area contributed by atoms with Gasteiger partial charge in [-0.1, -0.05) is 44.4 Å². The van der Waals surface area contributed by atoms with Crippen molar-refractivity contribution in [1.29, 1.82) is 0 Å². The van der Waals surface area contributed by atoms with Crippen molar-refractivity contribution in [3.8, 4) is 0 Å². The van der Waals surface area contributed by atoms with Gasteiger partial charge in [-0.2, -0.15) is 0 Å². The fourth-order valence-corrected chi connectivity index (χ4v) is 3.94. The van der Waals surface area contributed by atoms with Crippen LogP contribution in [-0.2, 0) is 7.05 Å². The largest absolute Gasteiger partial charge is 0.357 e. The Kier molecular flexibility index (Phi) is 7.85. The van der Waals surface area contributed by atoms with Crippen LogP contribution in [0, 0.1) is 5.92 Å². The molecule has 0 atom stereocenters. The zero-order valence-electron chi connectivity index (χ0n) is 17.9. The standard InChI is InChI=1S/C15H23N3O2.C9H9N/c1-2-3-4-12-7-9-18(10-8-12)14-6-5-13(11-16-14)15(19)17-20;1-10-7-6-8-4-2-3-5-9(8)10/h5-6,11-12,20H,2-4,7-10H2,1H3,(H,17,19);2-7H,1H3. The average molecular weight is 409 g/mol. The van der Waals surface area contributed by atoms with Crippen molar-refractivity contribution >= 4 is 22.6 Å². The van der Waals surface area contributed by atoms with Crippen LogP contribution in [0.2, 0.25) is 0 Å². The Balaban J connectivity index is 0.000000212. The highest BCUT2D eigenvalue weighted by Crippen LogP contribution is 2.25. The van der Waals surface area contributed by atoms with Crippen molar-refractivity contribution in [3.63, 3.8) is 0 Å². The molecule has 0 radical (unpaired) electrons. The highest BCUT2D eigenvalue weighted by molar-refractivity contribution is 5.93. The van der Waals surface area contributed by atoms with Gasteiger partial charge in [0.1, 0.15) is 5.82 Å². The Morgan fingerprint density at radius 3 is 2.57 bits per heavy atom. The predicted octanol–water partition coefficient (Wildman–Crippen LogP) is 4.79. The summed E-state index contributed by atoms with van der Waals surface area (Å²) in [6.45, 7) is 4.31. The molecule has 2 aromatic heterocycles. The van der Waals surface area contributed by atoms with Gasteiger partial charge in [0.05, 0.1) is 5.56 Å². The first-order valence-electron chi connectivity index (χ1n) is 10.8. The van der Waals surface area contributed by atoms with Gasteiger partial charge >= 0.3 is 0 Å². The molecule has 6 heteroatoms. The number of para-hydroxylation sites is 1. The smallest absolute Gasteiger partial charge is 0.276 e. The van der Waals surface area contributed by atoms with Gasteiger partial charge in [0.15, 0.2) is 0 Å². The number of pyridine rings is 1. The normalized spacial score (nSPS) is 14.3. The first-order chi connectivity index (χ1) is 14.6. The summed E-state index contributed by atoms with van der Waals surface area (Å²) in [5.74, 6) is 1.24. The summed E-state index contributed by atoms with van der Waals surface area (Å²) in [6, 6.07) is 14.0. The molecule has 1 fully saturated rings. The second-order valence-electron chi connectivity index (χ2n) is 7.90. The Hall–Kier alpha value is -2.86. The molecule has 1 aliphatic rings. The maximum absolute atomic E-state index is 11.2. The van der Waals surface area contributed by atoms with Crippen molar-refractivity contribution in [2.45, 2.75) is 39.0 Å². The summed E-state index contributed by atoms with van der Waals surface area (Å²) < 4.78 is 2.12. The predicted molar refractivity (Wildman–Crippen MR) is 121 cm³/mol. The molecular formula is C24H32N4O2. The quantitative estimate of drug-likeness (QED) is 0.471. The zero-order chi connectivity index (χ0) is 21.3. The summed E-state index contributed by atoms with van der Waals surface area (Å²) in [5.41, 5.74) is 3.28. The number of nitrogens with one attached hydrogen (secondary N) is 1. The lowest BCUT2D eigenvalue weighted by Crippen LogP contribution is -2.34. The number of fused-ring (bicyclic) bond motifs is 1. The molecule has 3 heterocycles. The zero-order valence-corrected chi connectivity index (χ0v) is 17.9. The molecular weight excluding hydrogens is 376 g/mol. The lowest BCUT2D eigenvalue weighted by atomic mass is 9.92. The highest BCUT2D eigenvalue weighted by atomic mass is 16.5. The van der Waals surface area contributed by atoms with Crippen LogP contribution in [0.4, 0.5) is 5.82 Å². The number of aromatic nitrogens is 2. The molecule has 0 unspecified atom stereocenters. The van der Waals surface area contributed by atoms with E-state index in [9.17, 15) is 4.79 Å². The minimum absolute atomic E-state index is 0.370. The van der Waals surface area contributed by atoms with Gasteiger partial charge in [-0.15, -0.1) is 0 Å². The molecule has 1 aromatic carbocycles. The molecule has 160 valence electrons. The molecule has 0 bridgehead atoms. The lowest BCUT2D eigenvalue weighted by Gasteiger charge is -2.32. The number of carbonyl (C=O) groups excluding carboxylic acids is 1. The number of hydroxylamine groups is 1. The minimum atomic E-state index is -0.526. The molecule has 2 N–H and O–H groups in total. The summed E-state index contributed by atoms with van der Waals surface area (Å²) >= 11 is 0. The number of anilines is 1. The van der Waals surface area contributed by atoms with Crippen molar-refractivity contribution in [2.24, 2.45) is 13.0 Å². The van der Waals surface area contributed by atoms with E-state index in [1.54, 1.807) is 11.5 Å². The third-order valence-corrected chi connectivity index (χ3v) is 5.81. The summed E-state index contributed by atoms with van der Waals surface area (Å²) in [6.07, 6.45) is 9.97. The SMILES string of the molecule is CCCCC1CCN(c2ccc(C(=O)NO)cn2)CC1.Cn1ccc2ccccc21. The van der Waals surface area contributed by atoms with Crippen molar-refractivity contribution in [2.75, 3.05) is 18.0 Å². The van der Waals surface area contributed by atoms with E-state index in [4.69, 9.17) is 5.21 Å². The molecule has 0 aliphatic carbocycles. The van der Waals surface area contributed by atoms with E-state index in [2.05, 4.69) is 65.0 Å². The second kappa shape index (κ2) is 10.8. The number of amides is 1. The number of aryl methyl sites for hydroxylation is 1. The van der Waals surface area contributed by atoms with Crippen molar-refractivity contribution in [3.05, 3.63) is 60.4 Å². The number of carbonyl (C=O) groups is 1. The molecule has 1 aliphatic heterocycles. The number of hydrogen-bond donors (Lipinski definition) is 2. The van der Waals surface area contributed by atoms with Crippen LogP contribution in [0.5, 0.6) is 0 Å². The number of nitrogens with zero attached hydrogens (tertiary/aromatic N) is 3. The van der Waals surface area contributed by atoms with Crippen molar-refractivity contribution in [1.82, 2.24) is 15.0 Å². The third-order valence-electron chi connectivity index (χ3n) is 5.81. The molecule has 30 heavy (non-hydrogen) atoms. The van der Waals surface area contributed by atoms with Gasteiger partial charge in [0, 0.05) is 38.0 Å². The molecule has 4 rings (SSSR count). The number of piperidine rings is 1. The molecule has 6 nitrogen and oxygen atoms in total. The maximum Gasteiger partial charge on any atom is 0.276 e. The fourth-order valence-electron chi connectivity index (χ4n) is 3.94. The van der Waals surface area contributed by atoms with E-state index in [-0.39, 0.29) is 0 Å². The van der Waals surface area contributed by atoms with Crippen LogP contribution >= 0.6 is 0 Å². The topological polar surface area (TPSA) is 70.4 Å². The Morgan fingerprint density at radius 1 is 1.17 bits per heavy atom. The Morgan fingerprint density at radius 2 is 1.93 bits per heavy atom. The molecule has 3 aromatic rings. The van der Waals surface area contributed by atoms with Crippen molar-refractivity contribution < 1.29 is 10.0 Å². The summed E-state index contributed by atoms with van der Waals surface area (Å²) in [5, 5.41) is 9.88. The highest BCUT2D eigenvalue weighted by Gasteiger charge is 2.19. The van der Waals surface area contributed by atoms with E-state index in [1.807, 2.05) is 6.07 Å². The van der Waals surface area contributed by atoms with E-state index >= 15 is 0 Å². The monoisotopic (exact) mass is 408 g/mol. The van der Waals surface area contributed by atoms with Gasteiger partial charge in [-0.3, -0.25) is 10.0 Å². The van der Waals surface area contributed by atoms with E-state index in [0.717, 1.165) is 24.8 Å². The fraction of sp³-hybridized carbons (Fsp3) is 0.417. The minimum Gasteiger partial charge on any atom is -0.357 e. The van der Waals surface area contributed by atoms with Crippen LogP contribution in [-0.4, -0.2) is 33.8 Å². The van der Waals surface area contributed by atoms with Crippen LogP contribution in [0.15, 0.2) is 54.9 Å². The van der Waals surface area contributed by atoms with Crippen LogP contribution < -0.4 is 10.4 Å². The molecule has 1 amide bonds. The van der Waals surface area contributed by atoms with E-state index < -0.39 is 5.91 Å². The van der Waals surface area contributed by atoms with Gasteiger partial charge in [-0.25, -0.2) is 10.5 Å². The van der Waals surface area contributed by atoms with Gasteiger partial charge in [-0.05, 0) is 48.4 Å². The van der Waals surface area contributed by atoms with Crippen LogP contribution in [0.25, 0.3) is 10.9 Å². The van der Waals surface area contributed by atoms with Gasteiger partial charge in [0.25, 0.3) is 5.91 Å². The number of hydrogen-bond acceptors (Lipinski definition) is 4. The lowest BCUT2D eigenvalue weighted by molar-refractivity contribution is 0.0706. The number of unbranched alkanes of at least 4 members (excludes halogenated alkanes) is 1. The van der Waals surface area contributed by atoms with Crippen LogP contribution in [0.3, 0.4) is 0 Å². The van der Waals surface area contributed by atoms with Gasteiger partial charge in [0.2, 0.25) is 0 Å². The van der Waals surface area contributed by atoms with Crippen LogP contribution in [0.1, 0.15) is 49.4 Å². The van der Waals surface area contributed by atoms with Gasteiger partial charge < -0.3 is 9.47 Å². The molecule has 0 saturated carbocycles. The average Bonchev–Trinajstić information content (AvgIpc) is 3.19. The number of benzene rings is 1. The first kappa shape index (κ1) is 21.8. The maximum atomic E-state index is 11.2. The molecule has 1 saturated heterocycles. The molecule has 0 spiro atoms. The van der Waals surface area contributed by atoms with E-state index in [0.29, 0.717) is 5.56 Å². The summed E-state index contributed by atoms with van der Waals surface area (Å²) in [4.78, 5) is 17.8. The number of rotatable bonds is 5. The third kappa shape index (κ3) is 5.60. The first-order valence-corrected chi connectivity index (χ1v) is 10.8. The Labute approximate surface area is 178 Å².